The zero-order chi connectivity index (χ0) is 13.7. The smallest absolute Gasteiger partial charge is 0.0406 e. The fourth-order valence-electron chi connectivity index (χ4n) is 3.05. The van der Waals surface area contributed by atoms with Gasteiger partial charge >= 0.3 is 0 Å². The van der Waals surface area contributed by atoms with Crippen LogP contribution in [0.4, 0.5) is 0 Å². The monoisotopic (exact) mass is 315 g/mol. The third-order valence-electron chi connectivity index (χ3n) is 4.19. The van der Waals surface area contributed by atoms with Crippen molar-refractivity contribution in [2.45, 2.75) is 57.9 Å². The molecule has 0 aromatic heterocycles. The molecule has 0 amide bonds. The third kappa shape index (κ3) is 5.27. The highest BCUT2D eigenvalue weighted by Gasteiger charge is 2.24. The lowest BCUT2D eigenvalue weighted by atomic mass is 9.82. The molecule has 0 spiro atoms. The molecule has 1 aromatic rings. The maximum atomic E-state index is 6.01. The van der Waals surface area contributed by atoms with Crippen LogP contribution >= 0.6 is 24.0 Å². The predicted molar refractivity (Wildman–Crippen MR) is 91.2 cm³/mol. The summed E-state index contributed by atoms with van der Waals surface area (Å²) in [6.07, 6.45) is 6.57. The molecule has 1 aliphatic rings. The molecular weight excluding hydrogens is 289 g/mol. The Labute approximate surface area is 134 Å². The van der Waals surface area contributed by atoms with E-state index in [0.29, 0.717) is 12.0 Å². The zero-order valence-corrected chi connectivity index (χ0v) is 14.1. The highest BCUT2D eigenvalue weighted by Crippen LogP contribution is 2.31. The summed E-state index contributed by atoms with van der Waals surface area (Å²) >= 11 is 6.01. The normalized spacial score (nSPS) is 20.5. The summed E-state index contributed by atoms with van der Waals surface area (Å²) in [4.78, 5) is 0. The van der Waals surface area contributed by atoms with Gasteiger partial charge in [0.1, 0.15) is 0 Å². The minimum atomic E-state index is 0. The van der Waals surface area contributed by atoms with Gasteiger partial charge in [-0.25, -0.2) is 0 Å². The molecule has 1 saturated heterocycles. The summed E-state index contributed by atoms with van der Waals surface area (Å²) in [5.41, 5.74) is 1.45. The van der Waals surface area contributed by atoms with E-state index < -0.39 is 0 Å². The summed E-state index contributed by atoms with van der Waals surface area (Å²) < 4.78 is 0. The average Bonchev–Trinajstić information content (AvgIpc) is 2.42. The lowest BCUT2D eigenvalue weighted by molar-refractivity contribution is 0.326. The second-order valence-corrected chi connectivity index (χ2v) is 6.62. The summed E-state index contributed by atoms with van der Waals surface area (Å²) in [6.45, 7) is 5.80. The van der Waals surface area contributed by atoms with E-state index >= 15 is 0 Å². The fourth-order valence-corrected chi connectivity index (χ4v) is 3.17. The standard InChI is InChI=1S/C17H26ClN.ClH/c1-13(2)6-11-16(17-5-3-4-12-19-17)14-7-9-15(18)10-8-14;/h7-10,13,16-17,19H,3-6,11-12H2,1-2H3;1H. The van der Waals surface area contributed by atoms with Crippen molar-refractivity contribution in [1.82, 2.24) is 5.32 Å². The molecule has 114 valence electrons. The number of nitrogens with one attached hydrogen (secondary N) is 1. The van der Waals surface area contributed by atoms with Gasteiger partial charge in [-0.3, -0.25) is 0 Å². The van der Waals surface area contributed by atoms with E-state index in [4.69, 9.17) is 11.6 Å². The predicted octanol–water partition coefficient (Wildman–Crippen LogP) is 5.42. The number of hydrogen-bond acceptors (Lipinski definition) is 1. The molecular formula is C17H27Cl2N. The topological polar surface area (TPSA) is 12.0 Å². The van der Waals surface area contributed by atoms with E-state index in [0.717, 1.165) is 10.9 Å². The van der Waals surface area contributed by atoms with Crippen molar-refractivity contribution in [3.05, 3.63) is 34.9 Å². The number of hydrogen-bond donors (Lipinski definition) is 1. The molecule has 0 aliphatic carbocycles. The van der Waals surface area contributed by atoms with Crippen LogP contribution in [0.5, 0.6) is 0 Å². The Balaban J connectivity index is 0.00000200. The maximum Gasteiger partial charge on any atom is 0.0406 e. The van der Waals surface area contributed by atoms with Crippen molar-refractivity contribution < 1.29 is 0 Å². The van der Waals surface area contributed by atoms with Crippen molar-refractivity contribution in [2.75, 3.05) is 6.54 Å². The van der Waals surface area contributed by atoms with Gasteiger partial charge in [0, 0.05) is 11.1 Å². The number of rotatable bonds is 5. The van der Waals surface area contributed by atoms with Gasteiger partial charge in [0.15, 0.2) is 0 Å². The summed E-state index contributed by atoms with van der Waals surface area (Å²) in [5.74, 6) is 1.42. The quantitative estimate of drug-likeness (QED) is 0.764. The van der Waals surface area contributed by atoms with Gasteiger partial charge in [-0.2, -0.15) is 0 Å². The van der Waals surface area contributed by atoms with Crippen molar-refractivity contribution >= 4 is 24.0 Å². The van der Waals surface area contributed by atoms with Gasteiger partial charge in [-0.1, -0.05) is 50.4 Å². The first kappa shape index (κ1) is 17.8. The Morgan fingerprint density at radius 3 is 2.40 bits per heavy atom. The van der Waals surface area contributed by atoms with Gasteiger partial charge < -0.3 is 5.32 Å². The van der Waals surface area contributed by atoms with E-state index in [9.17, 15) is 0 Å². The van der Waals surface area contributed by atoms with Crippen molar-refractivity contribution in [3.63, 3.8) is 0 Å². The molecule has 0 radical (unpaired) electrons. The van der Waals surface area contributed by atoms with Crippen molar-refractivity contribution in [2.24, 2.45) is 5.92 Å². The molecule has 2 rings (SSSR count). The Morgan fingerprint density at radius 1 is 1.15 bits per heavy atom. The van der Waals surface area contributed by atoms with E-state index in [1.807, 2.05) is 12.1 Å². The molecule has 1 N–H and O–H groups in total. The second kappa shape index (κ2) is 8.92. The van der Waals surface area contributed by atoms with Crippen LogP contribution < -0.4 is 5.32 Å². The molecule has 1 aromatic carbocycles. The summed E-state index contributed by atoms with van der Waals surface area (Å²) in [5, 5.41) is 4.56. The summed E-state index contributed by atoms with van der Waals surface area (Å²) in [7, 11) is 0. The third-order valence-corrected chi connectivity index (χ3v) is 4.44. The maximum absolute atomic E-state index is 6.01. The molecule has 3 heteroatoms. The van der Waals surface area contributed by atoms with Crippen LogP contribution in [-0.4, -0.2) is 12.6 Å². The van der Waals surface area contributed by atoms with Crippen LogP contribution in [0.1, 0.15) is 57.4 Å². The molecule has 1 heterocycles. The first-order chi connectivity index (χ1) is 9.16. The number of halogens is 2. The van der Waals surface area contributed by atoms with Gasteiger partial charge in [-0.15, -0.1) is 12.4 Å². The minimum absolute atomic E-state index is 0. The van der Waals surface area contributed by atoms with E-state index in [1.165, 1.54) is 44.2 Å². The Kier molecular flexibility index (Phi) is 7.94. The SMILES string of the molecule is CC(C)CCC(c1ccc(Cl)cc1)C1CCCCN1.Cl. The first-order valence-corrected chi connectivity index (χ1v) is 8.03. The van der Waals surface area contributed by atoms with Gasteiger partial charge in [-0.05, 0) is 55.3 Å². The Hall–Kier alpha value is -0.240. The lowest BCUT2D eigenvalue weighted by Gasteiger charge is -2.32. The molecule has 0 saturated carbocycles. The Bertz CT molecular complexity index is 369. The molecule has 1 fully saturated rings. The van der Waals surface area contributed by atoms with Crippen molar-refractivity contribution in [3.8, 4) is 0 Å². The van der Waals surface area contributed by atoms with E-state index in [-0.39, 0.29) is 12.4 Å². The second-order valence-electron chi connectivity index (χ2n) is 6.19. The minimum Gasteiger partial charge on any atom is -0.313 e. The van der Waals surface area contributed by atoms with Crippen LogP contribution in [0.3, 0.4) is 0 Å². The van der Waals surface area contributed by atoms with Crippen molar-refractivity contribution in [1.29, 1.82) is 0 Å². The van der Waals surface area contributed by atoms with Crippen LogP contribution in [0.2, 0.25) is 5.02 Å². The fraction of sp³-hybridized carbons (Fsp3) is 0.647. The summed E-state index contributed by atoms with van der Waals surface area (Å²) in [6, 6.07) is 9.13. The molecule has 2 unspecified atom stereocenters. The molecule has 2 atom stereocenters. The van der Waals surface area contributed by atoms with Crippen LogP contribution in [0, 0.1) is 5.92 Å². The number of benzene rings is 1. The van der Waals surface area contributed by atoms with E-state index in [1.54, 1.807) is 0 Å². The molecule has 1 aliphatic heterocycles. The lowest BCUT2D eigenvalue weighted by Crippen LogP contribution is -2.39. The first-order valence-electron chi connectivity index (χ1n) is 7.65. The zero-order valence-electron chi connectivity index (χ0n) is 12.6. The van der Waals surface area contributed by atoms with Gasteiger partial charge in [0.05, 0.1) is 0 Å². The molecule has 0 bridgehead atoms. The highest BCUT2D eigenvalue weighted by molar-refractivity contribution is 6.30. The van der Waals surface area contributed by atoms with Crippen LogP contribution in [-0.2, 0) is 0 Å². The van der Waals surface area contributed by atoms with Gasteiger partial charge in [0.2, 0.25) is 0 Å². The Morgan fingerprint density at radius 2 is 1.85 bits per heavy atom. The average molecular weight is 316 g/mol. The largest absolute Gasteiger partial charge is 0.313 e. The molecule has 20 heavy (non-hydrogen) atoms. The number of piperidine rings is 1. The highest BCUT2D eigenvalue weighted by atomic mass is 35.5. The van der Waals surface area contributed by atoms with Crippen LogP contribution in [0.25, 0.3) is 0 Å². The van der Waals surface area contributed by atoms with Crippen LogP contribution in [0.15, 0.2) is 24.3 Å². The van der Waals surface area contributed by atoms with E-state index in [2.05, 4.69) is 31.3 Å². The molecule has 1 nitrogen and oxygen atoms in total. The van der Waals surface area contributed by atoms with Gasteiger partial charge in [0.25, 0.3) is 0 Å².